The van der Waals surface area contributed by atoms with E-state index in [-0.39, 0.29) is 0 Å². The fourth-order valence-corrected chi connectivity index (χ4v) is 3.72. The summed E-state index contributed by atoms with van der Waals surface area (Å²) >= 11 is 9.78. The molecular formula is C23H23BrClNO3. The predicted octanol–water partition coefficient (Wildman–Crippen LogP) is 5.51. The summed E-state index contributed by atoms with van der Waals surface area (Å²) in [6.07, 6.45) is -0.556. The maximum Gasteiger partial charge on any atom is 0.175 e. The van der Waals surface area contributed by atoms with Gasteiger partial charge in [0.15, 0.2) is 11.5 Å². The first-order valence-corrected chi connectivity index (χ1v) is 10.4. The molecule has 0 radical (unpaired) electrons. The van der Waals surface area contributed by atoms with Gasteiger partial charge in [-0.25, -0.2) is 0 Å². The largest absolute Gasteiger partial charge is 0.493 e. The van der Waals surface area contributed by atoms with E-state index in [9.17, 15) is 5.11 Å². The van der Waals surface area contributed by atoms with Gasteiger partial charge in [-0.3, -0.25) is 0 Å². The normalized spacial score (nSPS) is 11.9. The Hall–Kier alpha value is -2.05. The van der Waals surface area contributed by atoms with Gasteiger partial charge < -0.3 is 19.9 Å². The lowest BCUT2D eigenvalue weighted by Gasteiger charge is -2.16. The van der Waals surface area contributed by atoms with Crippen molar-refractivity contribution in [3.05, 3.63) is 92.9 Å². The van der Waals surface area contributed by atoms with Crippen molar-refractivity contribution in [3.63, 3.8) is 0 Å². The van der Waals surface area contributed by atoms with Crippen LogP contribution in [0, 0.1) is 0 Å². The second-order valence-corrected chi connectivity index (χ2v) is 7.81. The minimum Gasteiger partial charge on any atom is -0.493 e. The van der Waals surface area contributed by atoms with Crippen molar-refractivity contribution in [1.29, 1.82) is 0 Å². The number of halogens is 2. The summed E-state index contributed by atoms with van der Waals surface area (Å²) in [6, 6.07) is 21.1. The summed E-state index contributed by atoms with van der Waals surface area (Å²) in [5.41, 5.74) is 2.81. The second-order valence-electron chi connectivity index (χ2n) is 6.55. The Morgan fingerprint density at radius 3 is 2.52 bits per heavy atom. The molecule has 0 aliphatic rings. The molecular weight excluding hydrogens is 454 g/mol. The third-order valence-corrected chi connectivity index (χ3v) is 5.43. The summed E-state index contributed by atoms with van der Waals surface area (Å²) in [7, 11) is 1.61. The molecule has 0 amide bonds. The highest BCUT2D eigenvalue weighted by Gasteiger charge is 2.13. The van der Waals surface area contributed by atoms with Crippen LogP contribution in [0.3, 0.4) is 0 Å². The molecule has 152 valence electrons. The molecule has 0 spiro atoms. The molecule has 6 heteroatoms. The Labute approximate surface area is 184 Å². The number of aliphatic hydroxyl groups is 1. The van der Waals surface area contributed by atoms with Crippen LogP contribution in [-0.2, 0) is 13.2 Å². The van der Waals surface area contributed by atoms with Crippen LogP contribution in [0.15, 0.2) is 71.2 Å². The first kappa shape index (κ1) is 21.7. The van der Waals surface area contributed by atoms with Gasteiger partial charge in [0.05, 0.1) is 17.7 Å². The van der Waals surface area contributed by atoms with Gasteiger partial charge >= 0.3 is 0 Å². The van der Waals surface area contributed by atoms with E-state index in [0.717, 1.165) is 21.2 Å². The van der Waals surface area contributed by atoms with Crippen molar-refractivity contribution in [3.8, 4) is 11.5 Å². The molecule has 3 rings (SSSR count). The van der Waals surface area contributed by atoms with Gasteiger partial charge in [-0.15, -0.1) is 0 Å². The zero-order valence-electron chi connectivity index (χ0n) is 16.1. The predicted molar refractivity (Wildman–Crippen MR) is 120 cm³/mol. The van der Waals surface area contributed by atoms with Crippen molar-refractivity contribution < 1.29 is 14.6 Å². The van der Waals surface area contributed by atoms with E-state index in [1.807, 2.05) is 66.7 Å². The smallest absolute Gasteiger partial charge is 0.175 e. The lowest BCUT2D eigenvalue weighted by Crippen LogP contribution is -2.21. The molecule has 3 aromatic carbocycles. The Balaban J connectivity index is 1.62. The van der Waals surface area contributed by atoms with Crippen LogP contribution in [0.4, 0.5) is 0 Å². The van der Waals surface area contributed by atoms with Crippen molar-refractivity contribution in [2.75, 3.05) is 13.7 Å². The van der Waals surface area contributed by atoms with Gasteiger partial charge in [-0.05, 0) is 45.3 Å². The van der Waals surface area contributed by atoms with E-state index in [1.165, 1.54) is 0 Å². The van der Waals surface area contributed by atoms with Crippen molar-refractivity contribution in [2.24, 2.45) is 0 Å². The molecule has 4 nitrogen and oxygen atoms in total. The summed E-state index contributed by atoms with van der Waals surface area (Å²) in [6.45, 7) is 1.38. The molecule has 0 saturated heterocycles. The number of benzene rings is 3. The average Bonchev–Trinajstić information content (AvgIpc) is 2.74. The molecule has 0 saturated carbocycles. The second kappa shape index (κ2) is 10.6. The summed E-state index contributed by atoms with van der Waals surface area (Å²) in [5.74, 6) is 1.26. The first-order valence-electron chi connectivity index (χ1n) is 9.25. The average molecular weight is 477 g/mol. The Morgan fingerprint density at radius 1 is 1.07 bits per heavy atom. The number of hydrogen-bond acceptors (Lipinski definition) is 4. The molecule has 0 heterocycles. The number of aliphatic hydroxyl groups excluding tert-OH is 1. The SMILES string of the molecule is COc1cc(CNC[C@H](O)c2ccccc2)cc(Br)c1OCc1ccccc1Cl. The van der Waals surface area contributed by atoms with Crippen LogP contribution >= 0.6 is 27.5 Å². The van der Waals surface area contributed by atoms with Crippen LogP contribution in [0.1, 0.15) is 22.8 Å². The van der Waals surface area contributed by atoms with E-state index in [2.05, 4.69) is 21.2 Å². The quantitative estimate of drug-likeness (QED) is 0.427. The standard InChI is InChI=1S/C23H23BrClNO3/c1-28-22-12-16(13-26-14-21(27)17-7-3-2-4-8-17)11-19(24)23(22)29-15-18-9-5-6-10-20(18)25/h2-12,21,26-27H,13-15H2,1H3/t21-/m0/s1. The van der Waals surface area contributed by atoms with E-state index < -0.39 is 6.10 Å². The first-order chi connectivity index (χ1) is 14.1. The van der Waals surface area contributed by atoms with Crippen molar-refractivity contribution in [1.82, 2.24) is 5.32 Å². The number of rotatable bonds is 9. The van der Waals surface area contributed by atoms with Gasteiger partial charge in [0.1, 0.15) is 6.61 Å². The summed E-state index contributed by atoms with van der Waals surface area (Å²) in [5, 5.41) is 14.2. The monoisotopic (exact) mass is 475 g/mol. The molecule has 0 aliphatic heterocycles. The lowest BCUT2D eigenvalue weighted by atomic mass is 10.1. The van der Waals surface area contributed by atoms with Crippen LogP contribution in [-0.4, -0.2) is 18.8 Å². The summed E-state index contributed by atoms with van der Waals surface area (Å²) in [4.78, 5) is 0. The minimum absolute atomic E-state index is 0.343. The zero-order valence-corrected chi connectivity index (χ0v) is 18.4. The van der Waals surface area contributed by atoms with Gasteiger partial charge in [-0.1, -0.05) is 60.1 Å². The highest BCUT2D eigenvalue weighted by molar-refractivity contribution is 9.10. The molecule has 0 unspecified atom stereocenters. The van der Waals surface area contributed by atoms with Crippen LogP contribution in [0.25, 0.3) is 0 Å². The number of hydrogen-bond donors (Lipinski definition) is 2. The topological polar surface area (TPSA) is 50.7 Å². The molecule has 0 bridgehead atoms. The Bertz CT molecular complexity index is 937. The molecule has 3 aromatic rings. The number of nitrogens with one attached hydrogen (secondary N) is 1. The summed E-state index contributed by atoms with van der Waals surface area (Å²) < 4.78 is 12.3. The van der Waals surface area contributed by atoms with Crippen molar-refractivity contribution in [2.45, 2.75) is 19.3 Å². The Morgan fingerprint density at radius 2 is 1.79 bits per heavy atom. The third-order valence-electron chi connectivity index (χ3n) is 4.47. The van der Waals surface area contributed by atoms with Crippen LogP contribution in [0.2, 0.25) is 5.02 Å². The fourth-order valence-electron chi connectivity index (χ4n) is 2.93. The van der Waals surface area contributed by atoms with Gasteiger partial charge in [0.25, 0.3) is 0 Å². The van der Waals surface area contributed by atoms with E-state index in [1.54, 1.807) is 7.11 Å². The van der Waals surface area contributed by atoms with E-state index in [4.69, 9.17) is 21.1 Å². The maximum absolute atomic E-state index is 10.3. The van der Waals surface area contributed by atoms with Gasteiger partial charge in [-0.2, -0.15) is 0 Å². The number of ether oxygens (including phenoxy) is 2. The number of methoxy groups -OCH3 is 1. The maximum atomic E-state index is 10.3. The third kappa shape index (κ3) is 5.97. The molecule has 2 N–H and O–H groups in total. The highest BCUT2D eigenvalue weighted by Crippen LogP contribution is 2.37. The van der Waals surface area contributed by atoms with Crippen LogP contribution in [0.5, 0.6) is 11.5 Å². The lowest BCUT2D eigenvalue weighted by molar-refractivity contribution is 0.174. The van der Waals surface area contributed by atoms with Crippen molar-refractivity contribution >= 4 is 27.5 Å². The zero-order chi connectivity index (χ0) is 20.6. The molecule has 0 fully saturated rings. The van der Waals surface area contributed by atoms with Gasteiger partial charge in [0, 0.05) is 23.7 Å². The van der Waals surface area contributed by atoms with Gasteiger partial charge in [0.2, 0.25) is 0 Å². The molecule has 1 atom stereocenters. The van der Waals surface area contributed by atoms with Crippen LogP contribution < -0.4 is 14.8 Å². The Kier molecular flexibility index (Phi) is 7.95. The highest BCUT2D eigenvalue weighted by atomic mass is 79.9. The van der Waals surface area contributed by atoms with E-state index in [0.29, 0.717) is 36.2 Å². The molecule has 29 heavy (non-hydrogen) atoms. The molecule has 0 aliphatic carbocycles. The van der Waals surface area contributed by atoms with E-state index >= 15 is 0 Å². The molecule has 0 aromatic heterocycles. The minimum atomic E-state index is -0.556. The fraction of sp³-hybridized carbons (Fsp3) is 0.217.